The van der Waals surface area contributed by atoms with Gasteiger partial charge >= 0.3 is 0 Å². The van der Waals surface area contributed by atoms with Crippen LogP contribution in [-0.2, 0) is 28.9 Å². The number of ether oxygens (including phenoxy) is 1. The topological polar surface area (TPSA) is 85.2 Å². The minimum Gasteiger partial charge on any atom is -0.383 e. The van der Waals surface area contributed by atoms with Crippen LogP contribution in [0.5, 0.6) is 0 Å². The van der Waals surface area contributed by atoms with Crippen molar-refractivity contribution in [3.63, 3.8) is 0 Å². The number of nitrogens with one attached hydrogen (secondary N) is 2. The Morgan fingerprint density at radius 1 is 1.25 bits per heavy atom. The summed E-state index contributed by atoms with van der Waals surface area (Å²) in [6, 6.07) is 7.99. The lowest BCUT2D eigenvalue weighted by Gasteiger charge is -2.13. The number of hydrogen-bond acceptors (Lipinski definition) is 6. The number of aryl methyl sites for hydroxylation is 2. The summed E-state index contributed by atoms with van der Waals surface area (Å²) in [6.45, 7) is 3.75. The minimum absolute atomic E-state index is 0.130. The van der Waals surface area contributed by atoms with Crippen LogP contribution in [0.3, 0.4) is 0 Å². The molecular formula is C23H28N4O3S2. The number of thiophene rings is 1. The van der Waals surface area contributed by atoms with Gasteiger partial charge in [0.25, 0.3) is 5.91 Å². The Kier molecular flexibility index (Phi) is 7.49. The van der Waals surface area contributed by atoms with Crippen molar-refractivity contribution in [3.05, 3.63) is 40.3 Å². The number of fused-ring (bicyclic) bond motifs is 2. The van der Waals surface area contributed by atoms with Crippen LogP contribution >= 0.6 is 23.1 Å². The Labute approximate surface area is 195 Å². The largest absolute Gasteiger partial charge is 0.383 e. The van der Waals surface area contributed by atoms with E-state index in [1.807, 2.05) is 24.3 Å². The summed E-state index contributed by atoms with van der Waals surface area (Å²) >= 11 is 2.95. The number of methoxy groups -OCH3 is 1. The number of thioether (sulfide) groups is 1. The zero-order valence-corrected chi connectivity index (χ0v) is 20.0. The summed E-state index contributed by atoms with van der Waals surface area (Å²) in [6.07, 6.45) is 4.03. The number of benzene rings is 1. The molecule has 0 saturated carbocycles. The number of carbonyl (C=O) groups excluding carboxylic acids is 2. The summed E-state index contributed by atoms with van der Waals surface area (Å²) in [5, 5.41) is 7.40. The molecule has 2 heterocycles. The van der Waals surface area contributed by atoms with E-state index in [1.54, 1.807) is 7.11 Å². The van der Waals surface area contributed by atoms with Gasteiger partial charge in [-0.3, -0.25) is 9.59 Å². The van der Waals surface area contributed by atoms with Crippen molar-refractivity contribution in [1.29, 1.82) is 0 Å². The first-order valence-electron chi connectivity index (χ1n) is 10.9. The van der Waals surface area contributed by atoms with Crippen LogP contribution in [0.1, 0.15) is 40.6 Å². The highest BCUT2D eigenvalue weighted by Gasteiger charge is 2.26. The lowest BCUT2D eigenvalue weighted by molar-refractivity contribution is -0.113. The summed E-state index contributed by atoms with van der Waals surface area (Å²) in [5.41, 5.74) is 3.71. The SMILES string of the molecule is CCn1c(SCC(=O)Nc2sc3c(c2C(=O)NCCOC)CCCC3)nc2ccccc21. The van der Waals surface area contributed by atoms with Crippen molar-refractivity contribution in [2.75, 3.05) is 31.3 Å². The highest BCUT2D eigenvalue weighted by atomic mass is 32.2. The van der Waals surface area contributed by atoms with E-state index in [0.29, 0.717) is 23.7 Å². The maximum absolute atomic E-state index is 12.9. The van der Waals surface area contributed by atoms with Gasteiger partial charge in [0.15, 0.2) is 5.16 Å². The fraction of sp³-hybridized carbons (Fsp3) is 0.435. The lowest BCUT2D eigenvalue weighted by atomic mass is 9.95. The first kappa shape index (κ1) is 22.8. The highest BCUT2D eigenvalue weighted by Crippen LogP contribution is 2.38. The van der Waals surface area contributed by atoms with Crippen molar-refractivity contribution >= 4 is 50.9 Å². The highest BCUT2D eigenvalue weighted by molar-refractivity contribution is 7.99. The molecular weight excluding hydrogens is 444 g/mol. The van der Waals surface area contributed by atoms with Crippen molar-refractivity contribution in [2.45, 2.75) is 44.3 Å². The van der Waals surface area contributed by atoms with Gasteiger partial charge in [-0.15, -0.1) is 11.3 Å². The van der Waals surface area contributed by atoms with Crippen LogP contribution in [0.2, 0.25) is 0 Å². The van der Waals surface area contributed by atoms with E-state index < -0.39 is 0 Å². The number of amides is 2. The van der Waals surface area contributed by atoms with E-state index in [4.69, 9.17) is 4.74 Å². The summed E-state index contributed by atoms with van der Waals surface area (Å²) in [5.74, 6) is -0.0391. The van der Waals surface area contributed by atoms with Crippen LogP contribution in [0.4, 0.5) is 5.00 Å². The molecule has 2 aromatic heterocycles. The Morgan fingerprint density at radius 2 is 2.06 bits per heavy atom. The Bertz CT molecular complexity index is 1120. The molecule has 0 unspecified atom stereocenters. The maximum Gasteiger partial charge on any atom is 0.254 e. The second kappa shape index (κ2) is 10.5. The molecule has 0 bridgehead atoms. The van der Waals surface area contributed by atoms with Crippen molar-refractivity contribution in [1.82, 2.24) is 14.9 Å². The standard InChI is InChI=1S/C23H28N4O3S2/c1-3-27-17-10-6-5-9-16(17)25-23(27)31-14-19(28)26-22-20(21(29)24-12-13-30-2)15-8-4-7-11-18(15)32-22/h5-6,9-10H,3-4,7-8,11-14H2,1-2H3,(H,24,29)(H,26,28). The third-order valence-electron chi connectivity index (χ3n) is 5.51. The number of para-hydroxylation sites is 2. The minimum atomic E-state index is -0.142. The smallest absolute Gasteiger partial charge is 0.254 e. The molecule has 3 aromatic rings. The lowest BCUT2D eigenvalue weighted by Crippen LogP contribution is -2.29. The Morgan fingerprint density at radius 3 is 2.88 bits per heavy atom. The van der Waals surface area contributed by atoms with E-state index in [1.165, 1.54) is 28.0 Å². The number of imidazole rings is 1. The second-order valence-electron chi connectivity index (χ2n) is 7.63. The average Bonchev–Trinajstić information content (AvgIpc) is 3.35. The predicted molar refractivity (Wildman–Crippen MR) is 130 cm³/mol. The van der Waals surface area contributed by atoms with E-state index in [-0.39, 0.29) is 17.6 Å². The third-order valence-corrected chi connectivity index (χ3v) is 7.69. The molecule has 0 fully saturated rings. The number of nitrogens with zero attached hydrogens (tertiary/aromatic N) is 2. The van der Waals surface area contributed by atoms with Gasteiger partial charge in [0, 0.05) is 25.1 Å². The van der Waals surface area contributed by atoms with Crippen LogP contribution in [0.25, 0.3) is 11.0 Å². The Hall–Kier alpha value is -2.36. The van der Waals surface area contributed by atoms with Crippen LogP contribution in [0.15, 0.2) is 29.4 Å². The van der Waals surface area contributed by atoms with E-state index in [0.717, 1.165) is 54.0 Å². The van der Waals surface area contributed by atoms with Crippen LogP contribution in [-0.4, -0.2) is 47.4 Å². The molecule has 1 aliphatic rings. The first-order chi connectivity index (χ1) is 15.6. The maximum atomic E-state index is 12.9. The van der Waals surface area contributed by atoms with Crippen LogP contribution < -0.4 is 10.6 Å². The number of aromatic nitrogens is 2. The monoisotopic (exact) mass is 472 g/mol. The average molecular weight is 473 g/mol. The molecule has 0 spiro atoms. The molecule has 7 nitrogen and oxygen atoms in total. The molecule has 2 N–H and O–H groups in total. The van der Waals surface area contributed by atoms with Gasteiger partial charge in [-0.1, -0.05) is 23.9 Å². The molecule has 9 heteroatoms. The molecule has 0 atom stereocenters. The van der Waals surface area contributed by atoms with Crippen molar-refractivity contribution < 1.29 is 14.3 Å². The van der Waals surface area contributed by atoms with E-state index in [9.17, 15) is 9.59 Å². The molecule has 1 aromatic carbocycles. The quantitative estimate of drug-likeness (QED) is 0.362. The molecule has 1 aliphatic carbocycles. The van der Waals surface area contributed by atoms with Gasteiger partial charge in [0.2, 0.25) is 5.91 Å². The van der Waals surface area contributed by atoms with Crippen LogP contribution in [0, 0.1) is 0 Å². The predicted octanol–water partition coefficient (Wildman–Crippen LogP) is 4.10. The molecule has 0 saturated heterocycles. The van der Waals surface area contributed by atoms with E-state index in [2.05, 4.69) is 27.1 Å². The van der Waals surface area contributed by atoms with Crippen molar-refractivity contribution in [2.24, 2.45) is 0 Å². The van der Waals surface area contributed by atoms with Gasteiger partial charge in [0.05, 0.1) is 29.0 Å². The summed E-state index contributed by atoms with van der Waals surface area (Å²) < 4.78 is 7.16. The number of anilines is 1. The molecule has 2 amide bonds. The first-order valence-corrected chi connectivity index (χ1v) is 12.7. The number of rotatable bonds is 9. The van der Waals surface area contributed by atoms with Gasteiger partial charge in [-0.2, -0.15) is 0 Å². The van der Waals surface area contributed by atoms with Gasteiger partial charge in [-0.05, 0) is 50.3 Å². The molecule has 0 aliphatic heterocycles. The summed E-state index contributed by atoms with van der Waals surface area (Å²) in [4.78, 5) is 31.6. The Balaban J connectivity index is 1.48. The van der Waals surface area contributed by atoms with Gasteiger partial charge < -0.3 is 19.9 Å². The molecule has 0 radical (unpaired) electrons. The zero-order valence-electron chi connectivity index (χ0n) is 18.4. The zero-order chi connectivity index (χ0) is 22.5. The van der Waals surface area contributed by atoms with Gasteiger partial charge in [-0.25, -0.2) is 4.98 Å². The molecule has 32 heavy (non-hydrogen) atoms. The molecule has 170 valence electrons. The summed E-state index contributed by atoms with van der Waals surface area (Å²) in [7, 11) is 1.61. The van der Waals surface area contributed by atoms with Gasteiger partial charge in [0.1, 0.15) is 5.00 Å². The number of carbonyl (C=O) groups is 2. The number of hydrogen-bond donors (Lipinski definition) is 2. The fourth-order valence-electron chi connectivity index (χ4n) is 4.01. The molecule has 4 rings (SSSR count). The second-order valence-corrected chi connectivity index (χ2v) is 9.68. The normalized spacial score (nSPS) is 13.2. The fourth-order valence-corrected chi connectivity index (χ4v) is 6.19. The van der Waals surface area contributed by atoms with E-state index >= 15 is 0 Å². The van der Waals surface area contributed by atoms with Crippen molar-refractivity contribution in [3.8, 4) is 0 Å². The third kappa shape index (κ3) is 4.84.